The summed E-state index contributed by atoms with van der Waals surface area (Å²) in [4.78, 5) is 8.07. The molecule has 86 heavy (non-hydrogen) atoms. The fraction of sp³-hybridized carbons (Fsp3) is 0.383. The minimum Gasteiger partial charge on any atom is -0.311 e. The molecule has 0 spiro atoms. The smallest absolute Gasteiger partial charge is 0.264 e. The van der Waals surface area contributed by atoms with E-state index in [0.717, 1.165) is 42.7 Å². The molecule has 2 aliphatic heterocycles. The molecule has 3 nitrogen and oxygen atoms in total. The van der Waals surface area contributed by atoms with Gasteiger partial charge in [-0.25, -0.2) is 0 Å². The standard InChI is InChI=1S/C81H90BN3S/c1-74(2,3)53-30-37-70-59(44-53)72-73(86-70)82-66-49-64-65(80(14,15)43-42-79(64,12)13)50-67(66)84(56-33-35-60-62(45-56)77(8,9)40-38-75(60,4)5)68-47-58(48-69(71(68)82)85(72)57-34-36-61-63(46-57)78(10,11)41-39-76(61,6)7)83(54-26-22-19-23-27-54)55-31-28-52(29-32-55)81(16,17)51-24-20-18-21-25-51/h18-37,44-50H,38-43H2,1-17H3. The van der Waals surface area contributed by atoms with Gasteiger partial charge in [0.25, 0.3) is 6.71 Å². The summed E-state index contributed by atoms with van der Waals surface area (Å²) < 4.78 is 2.78. The molecular formula is C81H90BN3S. The quantitative estimate of drug-likeness (QED) is 0.147. The first-order chi connectivity index (χ1) is 40.5. The highest BCUT2D eigenvalue weighted by atomic mass is 32.1. The Morgan fingerprint density at radius 1 is 0.395 bits per heavy atom. The number of nitrogens with zero attached hydrogens (tertiary/aromatic N) is 3. The second-order valence-electron chi connectivity index (χ2n) is 32.2. The van der Waals surface area contributed by atoms with Crippen LogP contribution >= 0.6 is 11.3 Å². The first-order valence-corrected chi connectivity index (χ1v) is 33.1. The summed E-state index contributed by atoms with van der Waals surface area (Å²) in [5.41, 5.74) is 26.6. The molecule has 3 heterocycles. The molecule has 14 rings (SSSR count). The zero-order valence-electron chi connectivity index (χ0n) is 54.7. The normalized spacial score (nSPS) is 19.0. The Bertz CT molecular complexity index is 4200. The van der Waals surface area contributed by atoms with Crippen molar-refractivity contribution in [2.75, 3.05) is 14.7 Å². The predicted octanol–water partition coefficient (Wildman–Crippen LogP) is 21.1. The fourth-order valence-corrected chi connectivity index (χ4v) is 17.5. The molecule has 0 saturated carbocycles. The SMILES string of the molecule is CC(C)(C)c1ccc2sc3c(c2c1)N(c1ccc2c(c1)C(C)(C)CCC2(C)C)c1cc(N(c2ccccc2)c2ccc(C(C)(C)c4ccccc4)cc2)cc2c1B3c1cc3c(cc1N2c1ccc2c(c1)C(C)(C)CCC2(C)C)C(C)(C)CCC3(C)C. The van der Waals surface area contributed by atoms with Crippen LogP contribution in [0.3, 0.4) is 0 Å². The van der Waals surface area contributed by atoms with E-state index in [-0.39, 0.29) is 50.0 Å². The van der Waals surface area contributed by atoms with E-state index >= 15 is 0 Å². The lowest BCUT2D eigenvalue weighted by Crippen LogP contribution is -2.61. The van der Waals surface area contributed by atoms with Gasteiger partial charge in [0.2, 0.25) is 0 Å². The third-order valence-corrected chi connectivity index (χ3v) is 23.5. The molecule has 8 aromatic carbocycles. The molecule has 1 aromatic heterocycles. The third-order valence-electron chi connectivity index (χ3n) is 22.3. The number of hydrogen-bond acceptors (Lipinski definition) is 4. The van der Waals surface area contributed by atoms with Crippen molar-refractivity contribution in [1.82, 2.24) is 0 Å². The van der Waals surface area contributed by atoms with Crippen molar-refractivity contribution in [2.24, 2.45) is 0 Å². The highest BCUT2D eigenvalue weighted by molar-refractivity contribution is 7.33. The summed E-state index contributed by atoms with van der Waals surface area (Å²) in [5.74, 6) is 0. The van der Waals surface area contributed by atoms with Gasteiger partial charge in [-0.15, -0.1) is 11.3 Å². The van der Waals surface area contributed by atoms with Crippen LogP contribution in [0.15, 0.2) is 164 Å². The van der Waals surface area contributed by atoms with Crippen molar-refractivity contribution in [3.8, 4) is 0 Å². The molecule has 3 aliphatic carbocycles. The summed E-state index contributed by atoms with van der Waals surface area (Å²) in [6.45, 7) is 41.7. The van der Waals surface area contributed by atoms with Gasteiger partial charge in [-0.3, -0.25) is 0 Å². The van der Waals surface area contributed by atoms with Crippen LogP contribution in [0, 0.1) is 0 Å². The van der Waals surface area contributed by atoms with Crippen molar-refractivity contribution in [1.29, 1.82) is 0 Å². The maximum atomic E-state index is 2.76. The van der Waals surface area contributed by atoms with Gasteiger partial charge in [0, 0.05) is 60.1 Å². The van der Waals surface area contributed by atoms with E-state index in [4.69, 9.17) is 0 Å². The van der Waals surface area contributed by atoms with Gasteiger partial charge in [-0.05, 0) is 216 Å². The first-order valence-electron chi connectivity index (χ1n) is 32.3. The molecule has 0 radical (unpaired) electrons. The lowest BCUT2D eigenvalue weighted by Gasteiger charge is -2.48. The number of para-hydroxylation sites is 1. The lowest BCUT2D eigenvalue weighted by atomic mass is 9.35. The van der Waals surface area contributed by atoms with Gasteiger partial charge in [0.15, 0.2) is 0 Å². The van der Waals surface area contributed by atoms with Crippen LogP contribution in [-0.4, -0.2) is 6.71 Å². The van der Waals surface area contributed by atoms with Gasteiger partial charge in [-0.1, -0.05) is 203 Å². The van der Waals surface area contributed by atoms with E-state index in [1.165, 1.54) is 123 Å². The zero-order valence-corrected chi connectivity index (χ0v) is 55.5. The van der Waals surface area contributed by atoms with E-state index in [9.17, 15) is 0 Å². The van der Waals surface area contributed by atoms with Gasteiger partial charge in [-0.2, -0.15) is 0 Å². The fourth-order valence-electron chi connectivity index (χ4n) is 16.2. The van der Waals surface area contributed by atoms with Crippen LogP contribution in [0.1, 0.15) is 206 Å². The summed E-state index contributed by atoms with van der Waals surface area (Å²) >= 11 is 2.04. The molecule has 5 heteroatoms. The van der Waals surface area contributed by atoms with E-state index < -0.39 is 0 Å². The summed E-state index contributed by atoms with van der Waals surface area (Å²) in [6.07, 6.45) is 6.96. The summed E-state index contributed by atoms with van der Waals surface area (Å²) in [7, 11) is 0. The molecule has 0 bridgehead atoms. The van der Waals surface area contributed by atoms with E-state index in [1.807, 2.05) is 11.3 Å². The van der Waals surface area contributed by atoms with Crippen LogP contribution in [0.25, 0.3) is 10.1 Å². The van der Waals surface area contributed by atoms with E-state index in [1.54, 1.807) is 0 Å². The predicted molar refractivity (Wildman–Crippen MR) is 374 cm³/mol. The van der Waals surface area contributed by atoms with Gasteiger partial charge < -0.3 is 14.7 Å². The molecule has 0 N–H and O–H groups in total. The number of rotatable bonds is 7. The Morgan fingerprint density at radius 3 is 1.37 bits per heavy atom. The van der Waals surface area contributed by atoms with E-state index in [2.05, 4.69) is 296 Å². The van der Waals surface area contributed by atoms with Crippen LogP contribution in [0.4, 0.5) is 51.2 Å². The molecule has 438 valence electrons. The minimum absolute atomic E-state index is 0.00363. The second-order valence-corrected chi connectivity index (χ2v) is 33.3. The molecular weight excluding hydrogens is 1060 g/mol. The molecule has 9 aromatic rings. The van der Waals surface area contributed by atoms with Crippen LogP contribution in [0.2, 0.25) is 0 Å². The zero-order chi connectivity index (χ0) is 60.6. The number of fused-ring (bicyclic) bond motifs is 9. The van der Waals surface area contributed by atoms with Gasteiger partial charge >= 0.3 is 0 Å². The molecule has 5 aliphatic rings. The Morgan fingerprint density at radius 2 is 0.837 bits per heavy atom. The first kappa shape index (κ1) is 57.0. The van der Waals surface area contributed by atoms with Crippen LogP contribution in [0.5, 0.6) is 0 Å². The number of hydrogen-bond donors (Lipinski definition) is 0. The Balaban J connectivity index is 1.13. The topological polar surface area (TPSA) is 9.72 Å². The van der Waals surface area contributed by atoms with E-state index in [0.29, 0.717) is 0 Å². The lowest BCUT2D eigenvalue weighted by molar-refractivity contribution is 0.332. The average Bonchev–Trinajstić information content (AvgIpc) is 1.20. The third kappa shape index (κ3) is 8.83. The summed E-state index contributed by atoms with van der Waals surface area (Å²) in [5, 5.41) is 1.34. The second kappa shape index (κ2) is 19.1. The molecule has 0 saturated heterocycles. The van der Waals surface area contributed by atoms with Crippen LogP contribution in [-0.2, 0) is 43.3 Å². The van der Waals surface area contributed by atoms with Crippen LogP contribution < -0.4 is 30.4 Å². The Labute approximate surface area is 520 Å². The molecule has 0 unspecified atom stereocenters. The molecule has 0 amide bonds. The largest absolute Gasteiger partial charge is 0.311 e. The molecule has 0 fully saturated rings. The Kier molecular flexibility index (Phi) is 12.6. The summed E-state index contributed by atoms with van der Waals surface area (Å²) in [6, 6.07) is 65.0. The highest BCUT2D eigenvalue weighted by Gasteiger charge is 2.50. The van der Waals surface area contributed by atoms with Crippen molar-refractivity contribution in [3.05, 3.63) is 214 Å². The van der Waals surface area contributed by atoms with Gasteiger partial charge in [0.05, 0.1) is 11.4 Å². The Hall–Kier alpha value is -6.82. The maximum Gasteiger partial charge on any atom is 0.264 e. The van der Waals surface area contributed by atoms with Crippen molar-refractivity contribution >= 4 is 95.0 Å². The van der Waals surface area contributed by atoms with Crippen molar-refractivity contribution in [3.63, 3.8) is 0 Å². The average molecular weight is 1150 g/mol. The minimum atomic E-state index is -0.190. The van der Waals surface area contributed by atoms with Gasteiger partial charge in [0.1, 0.15) is 0 Å². The van der Waals surface area contributed by atoms with Crippen molar-refractivity contribution < 1.29 is 0 Å². The maximum absolute atomic E-state index is 2.76. The highest BCUT2D eigenvalue weighted by Crippen LogP contribution is 2.57. The number of anilines is 9. The van der Waals surface area contributed by atoms with Crippen molar-refractivity contribution in [2.45, 2.75) is 200 Å². The number of thiophene rings is 1. The molecule has 0 atom stereocenters. The monoisotopic (exact) mass is 1150 g/mol. The number of benzene rings is 8.